The second-order valence-corrected chi connectivity index (χ2v) is 3.84. The maximum absolute atomic E-state index is 10.2. The highest BCUT2D eigenvalue weighted by atomic mass is 16.3. The number of hydrogen-bond acceptors (Lipinski definition) is 3. The average molecular weight is 214 g/mol. The van der Waals surface area contributed by atoms with Crippen molar-refractivity contribution in [2.24, 2.45) is 0 Å². The molecule has 1 aromatic carbocycles. The van der Waals surface area contributed by atoms with Crippen molar-refractivity contribution in [2.45, 2.75) is 20.0 Å². The normalized spacial score (nSPS) is 12.4. The van der Waals surface area contributed by atoms with E-state index in [1.807, 2.05) is 50.2 Å². The quantitative estimate of drug-likeness (QED) is 0.833. The highest BCUT2D eigenvalue weighted by Crippen LogP contribution is 2.23. The molecule has 82 valence electrons. The van der Waals surface area contributed by atoms with Crippen molar-refractivity contribution in [3.8, 4) is 0 Å². The first-order chi connectivity index (χ1) is 7.68. The molecular weight excluding hydrogens is 200 g/mol. The van der Waals surface area contributed by atoms with E-state index in [2.05, 4.69) is 10.2 Å². The number of aliphatic hydroxyl groups excluding tert-OH is 1. The van der Waals surface area contributed by atoms with Crippen molar-refractivity contribution in [3.05, 3.63) is 58.9 Å². The van der Waals surface area contributed by atoms with Gasteiger partial charge in [0.25, 0.3) is 0 Å². The Morgan fingerprint density at radius 1 is 1.06 bits per heavy atom. The van der Waals surface area contributed by atoms with E-state index in [-0.39, 0.29) is 0 Å². The molecule has 0 saturated carbocycles. The first kappa shape index (κ1) is 10.8. The van der Waals surface area contributed by atoms with E-state index < -0.39 is 6.10 Å². The zero-order chi connectivity index (χ0) is 11.5. The maximum Gasteiger partial charge on any atom is 0.106 e. The Hall–Kier alpha value is -1.74. The van der Waals surface area contributed by atoms with Crippen molar-refractivity contribution in [2.75, 3.05) is 0 Å². The molecule has 0 aliphatic heterocycles. The number of nitrogens with zero attached hydrogens (tertiary/aromatic N) is 2. The van der Waals surface area contributed by atoms with Crippen LogP contribution in [0.3, 0.4) is 0 Å². The molecular formula is C13H14N2O. The van der Waals surface area contributed by atoms with E-state index >= 15 is 0 Å². The second-order valence-electron chi connectivity index (χ2n) is 3.84. The van der Waals surface area contributed by atoms with Crippen molar-refractivity contribution in [1.82, 2.24) is 10.2 Å². The maximum atomic E-state index is 10.2. The van der Waals surface area contributed by atoms with Gasteiger partial charge in [0, 0.05) is 5.56 Å². The molecule has 0 amide bonds. The highest BCUT2D eigenvalue weighted by molar-refractivity contribution is 5.32. The minimum Gasteiger partial charge on any atom is -0.384 e. The largest absolute Gasteiger partial charge is 0.384 e. The summed E-state index contributed by atoms with van der Waals surface area (Å²) < 4.78 is 0. The fourth-order valence-electron chi connectivity index (χ4n) is 1.66. The van der Waals surface area contributed by atoms with Gasteiger partial charge < -0.3 is 5.11 Å². The van der Waals surface area contributed by atoms with Crippen LogP contribution in [0.4, 0.5) is 0 Å². The Labute approximate surface area is 94.8 Å². The van der Waals surface area contributed by atoms with Gasteiger partial charge in [-0.05, 0) is 25.5 Å². The minimum absolute atomic E-state index is 0.629. The molecule has 16 heavy (non-hydrogen) atoms. The topological polar surface area (TPSA) is 46.0 Å². The summed E-state index contributed by atoms with van der Waals surface area (Å²) in [6.07, 6.45) is -0.629. The number of benzene rings is 1. The van der Waals surface area contributed by atoms with Gasteiger partial charge in [-0.3, -0.25) is 0 Å². The van der Waals surface area contributed by atoms with E-state index in [0.717, 1.165) is 22.5 Å². The lowest BCUT2D eigenvalue weighted by molar-refractivity contribution is 0.218. The van der Waals surface area contributed by atoms with Gasteiger partial charge >= 0.3 is 0 Å². The lowest BCUT2D eigenvalue weighted by atomic mass is 10.0. The van der Waals surface area contributed by atoms with E-state index in [1.54, 1.807) is 0 Å². The number of hydrogen-bond donors (Lipinski definition) is 1. The van der Waals surface area contributed by atoms with Crippen LogP contribution in [0.2, 0.25) is 0 Å². The van der Waals surface area contributed by atoms with Crippen LogP contribution in [0.1, 0.15) is 28.6 Å². The molecule has 2 rings (SSSR count). The van der Waals surface area contributed by atoms with Gasteiger partial charge in [-0.15, -0.1) is 0 Å². The fourth-order valence-corrected chi connectivity index (χ4v) is 1.66. The van der Waals surface area contributed by atoms with Gasteiger partial charge in [0.05, 0.1) is 11.4 Å². The summed E-state index contributed by atoms with van der Waals surface area (Å²) in [6, 6.07) is 11.4. The van der Waals surface area contributed by atoms with Crippen LogP contribution in [0.25, 0.3) is 0 Å². The molecule has 1 aromatic heterocycles. The first-order valence-corrected chi connectivity index (χ1v) is 5.22. The summed E-state index contributed by atoms with van der Waals surface area (Å²) in [6.45, 7) is 3.72. The summed E-state index contributed by atoms with van der Waals surface area (Å²) in [5, 5.41) is 18.2. The van der Waals surface area contributed by atoms with Crippen LogP contribution in [-0.2, 0) is 0 Å². The number of aryl methyl sites for hydroxylation is 2. The Morgan fingerprint density at radius 3 is 2.44 bits per heavy atom. The van der Waals surface area contributed by atoms with Crippen molar-refractivity contribution < 1.29 is 5.11 Å². The molecule has 0 saturated heterocycles. The fraction of sp³-hybridized carbons (Fsp3) is 0.231. The first-order valence-electron chi connectivity index (χ1n) is 5.22. The summed E-state index contributed by atoms with van der Waals surface area (Å²) in [5.74, 6) is 0. The number of aromatic nitrogens is 2. The van der Waals surface area contributed by atoms with Crippen molar-refractivity contribution in [3.63, 3.8) is 0 Å². The molecule has 2 aromatic rings. The molecule has 0 fully saturated rings. The molecule has 1 heterocycles. The molecule has 0 aliphatic rings. The van der Waals surface area contributed by atoms with Crippen LogP contribution < -0.4 is 0 Å². The zero-order valence-electron chi connectivity index (χ0n) is 9.38. The molecule has 0 spiro atoms. The SMILES string of the molecule is Cc1cc(C(O)c2ccccc2)c(C)nn1. The molecule has 1 atom stereocenters. The Balaban J connectivity index is 2.41. The van der Waals surface area contributed by atoms with Crippen molar-refractivity contribution in [1.29, 1.82) is 0 Å². The van der Waals surface area contributed by atoms with Gasteiger partial charge in [-0.1, -0.05) is 30.3 Å². The average Bonchev–Trinajstić information content (AvgIpc) is 2.32. The zero-order valence-corrected chi connectivity index (χ0v) is 9.38. The van der Waals surface area contributed by atoms with E-state index in [9.17, 15) is 5.11 Å². The lowest BCUT2D eigenvalue weighted by Crippen LogP contribution is -2.05. The van der Waals surface area contributed by atoms with Crippen molar-refractivity contribution >= 4 is 0 Å². The summed E-state index contributed by atoms with van der Waals surface area (Å²) in [7, 11) is 0. The number of rotatable bonds is 2. The third kappa shape index (κ3) is 2.09. The van der Waals surface area contributed by atoms with E-state index in [4.69, 9.17) is 0 Å². The molecule has 3 nitrogen and oxygen atoms in total. The van der Waals surface area contributed by atoms with Crippen LogP contribution in [0.5, 0.6) is 0 Å². The Bertz CT molecular complexity index is 483. The van der Waals surface area contributed by atoms with Gasteiger partial charge in [0.15, 0.2) is 0 Å². The highest BCUT2D eigenvalue weighted by Gasteiger charge is 2.13. The van der Waals surface area contributed by atoms with Gasteiger partial charge in [0.2, 0.25) is 0 Å². The molecule has 0 aliphatic carbocycles. The summed E-state index contributed by atoms with van der Waals surface area (Å²) in [5.41, 5.74) is 3.27. The predicted octanol–water partition coefficient (Wildman–Crippen LogP) is 2.18. The van der Waals surface area contributed by atoms with E-state index in [1.165, 1.54) is 0 Å². The monoisotopic (exact) mass is 214 g/mol. The molecule has 1 unspecified atom stereocenters. The predicted molar refractivity (Wildman–Crippen MR) is 62.0 cm³/mol. The Kier molecular flexibility index (Phi) is 2.97. The van der Waals surface area contributed by atoms with Gasteiger partial charge in [-0.25, -0.2) is 0 Å². The third-order valence-electron chi connectivity index (χ3n) is 2.55. The van der Waals surface area contributed by atoms with Crippen LogP contribution in [0, 0.1) is 13.8 Å². The molecule has 0 radical (unpaired) electrons. The lowest BCUT2D eigenvalue weighted by Gasteiger charge is -2.13. The standard InChI is InChI=1S/C13H14N2O/c1-9-8-12(10(2)15-14-9)13(16)11-6-4-3-5-7-11/h3-8,13,16H,1-2H3. The van der Waals surface area contributed by atoms with E-state index in [0.29, 0.717) is 0 Å². The smallest absolute Gasteiger partial charge is 0.106 e. The summed E-state index contributed by atoms with van der Waals surface area (Å²) >= 11 is 0. The minimum atomic E-state index is -0.629. The number of aliphatic hydroxyl groups is 1. The van der Waals surface area contributed by atoms with Crippen LogP contribution in [0.15, 0.2) is 36.4 Å². The third-order valence-corrected chi connectivity index (χ3v) is 2.55. The Morgan fingerprint density at radius 2 is 1.75 bits per heavy atom. The molecule has 3 heteroatoms. The van der Waals surface area contributed by atoms with Crippen LogP contribution in [-0.4, -0.2) is 15.3 Å². The molecule has 1 N–H and O–H groups in total. The van der Waals surface area contributed by atoms with Gasteiger partial charge in [0.1, 0.15) is 6.10 Å². The second kappa shape index (κ2) is 4.41. The van der Waals surface area contributed by atoms with Crippen LogP contribution >= 0.6 is 0 Å². The summed E-state index contributed by atoms with van der Waals surface area (Å²) in [4.78, 5) is 0. The van der Waals surface area contributed by atoms with Gasteiger partial charge in [-0.2, -0.15) is 10.2 Å². The molecule has 0 bridgehead atoms.